The molecule has 0 aliphatic heterocycles. The van der Waals surface area contributed by atoms with Crippen LogP contribution in [0.1, 0.15) is 44.6 Å². The summed E-state index contributed by atoms with van der Waals surface area (Å²) in [5, 5.41) is 0.889. The summed E-state index contributed by atoms with van der Waals surface area (Å²) in [5.74, 6) is 0. The molecule has 0 bridgehead atoms. The predicted octanol–water partition coefficient (Wildman–Crippen LogP) is 5.62. The Hall–Kier alpha value is -0.0100. The maximum atomic E-state index is 6.13. The van der Waals surface area contributed by atoms with E-state index in [0.717, 1.165) is 11.4 Å². The monoisotopic (exact) mass is 302 g/mol. The first-order chi connectivity index (χ1) is 7.74. The topological polar surface area (TPSA) is 0 Å². The molecule has 0 radical (unpaired) electrons. The Bertz CT molecular complexity index is 299. The second kappa shape index (κ2) is 8.14. The van der Waals surface area contributed by atoms with Gasteiger partial charge < -0.3 is 0 Å². The van der Waals surface area contributed by atoms with Gasteiger partial charge in [0.2, 0.25) is 0 Å². The molecule has 0 aliphatic rings. The molecule has 0 saturated carbocycles. The van der Waals surface area contributed by atoms with E-state index >= 15 is 0 Å². The molecule has 0 fully saturated rings. The fourth-order valence-electron chi connectivity index (χ4n) is 1.80. The maximum Gasteiger partial charge on any atom is 0.0438 e. The van der Waals surface area contributed by atoms with E-state index < -0.39 is 0 Å². The quantitative estimate of drug-likeness (QED) is 0.453. The van der Waals surface area contributed by atoms with Crippen molar-refractivity contribution in [1.82, 2.24) is 0 Å². The molecule has 2 heteroatoms. The number of alkyl halides is 1. The molecule has 0 heterocycles. The van der Waals surface area contributed by atoms with E-state index in [1.54, 1.807) is 0 Å². The van der Waals surface area contributed by atoms with E-state index in [2.05, 4.69) is 35.0 Å². The highest BCUT2D eigenvalue weighted by Crippen LogP contribution is 2.22. The number of rotatable bonds is 7. The molecule has 0 amide bonds. The van der Waals surface area contributed by atoms with Crippen LogP contribution in [0, 0.1) is 0 Å². The molecule has 1 aromatic carbocycles. The normalized spacial score (nSPS) is 12.7. The lowest BCUT2D eigenvalue weighted by atomic mass is 10.0. The van der Waals surface area contributed by atoms with Crippen molar-refractivity contribution in [1.29, 1.82) is 0 Å². The van der Waals surface area contributed by atoms with E-state index in [-0.39, 0.29) is 0 Å². The van der Waals surface area contributed by atoms with Crippen molar-refractivity contribution in [2.75, 3.05) is 0 Å². The van der Waals surface area contributed by atoms with Crippen LogP contribution in [0.4, 0.5) is 0 Å². The molecule has 1 aromatic rings. The van der Waals surface area contributed by atoms with Crippen LogP contribution in [-0.2, 0) is 6.42 Å². The summed E-state index contributed by atoms with van der Waals surface area (Å²) < 4.78 is 0. The van der Waals surface area contributed by atoms with E-state index in [1.807, 2.05) is 12.1 Å². The van der Waals surface area contributed by atoms with Crippen LogP contribution < -0.4 is 0 Å². The molecule has 0 saturated heterocycles. The lowest BCUT2D eigenvalue weighted by molar-refractivity contribution is 0.619. The Morgan fingerprint density at radius 3 is 2.62 bits per heavy atom. The van der Waals surface area contributed by atoms with Gasteiger partial charge in [0.25, 0.3) is 0 Å². The molecule has 0 spiro atoms. The second-order valence-electron chi connectivity index (χ2n) is 4.24. The summed E-state index contributed by atoms with van der Waals surface area (Å²) in [5.41, 5.74) is 1.25. The average molecular weight is 304 g/mol. The van der Waals surface area contributed by atoms with Gasteiger partial charge in [0.05, 0.1) is 0 Å². The Balaban J connectivity index is 2.28. The Morgan fingerprint density at radius 2 is 1.94 bits per heavy atom. The summed E-state index contributed by atoms with van der Waals surface area (Å²) in [6.07, 6.45) is 7.59. The number of benzene rings is 1. The van der Waals surface area contributed by atoms with Crippen molar-refractivity contribution in [3.8, 4) is 0 Å². The zero-order valence-corrected chi connectivity index (χ0v) is 12.2. The number of unbranched alkanes of at least 4 members (excludes halogenated alkanes) is 3. The first-order valence-electron chi connectivity index (χ1n) is 6.11. The molecule has 1 atom stereocenters. The van der Waals surface area contributed by atoms with Crippen molar-refractivity contribution >= 4 is 27.5 Å². The van der Waals surface area contributed by atoms with E-state index in [4.69, 9.17) is 11.6 Å². The molecule has 0 nitrogen and oxygen atoms in total. The molecule has 1 unspecified atom stereocenters. The van der Waals surface area contributed by atoms with Crippen molar-refractivity contribution in [2.45, 2.75) is 50.3 Å². The van der Waals surface area contributed by atoms with Crippen molar-refractivity contribution in [2.24, 2.45) is 0 Å². The largest absolute Gasteiger partial charge is 0.0887 e. The third kappa shape index (κ3) is 5.36. The van der Waals surface area contributed by atoms with Crippen molar-refractivity contribution in [3.63, 3.8) is 0 Å². The third-order valence-electron chi connectivity index (χ3n) is 2.77. The predicted molar refractivity (Wildman–Crippen MR) is 76.6 cm³/mol. The van der Waals surface area contributed by atoms with E-state index in [0.29, 0.717) is 4.83 Å². The number of halogens is 2. The summed E-state index contributed by atoms with van der Waals surface area (Å²) in [4.78, 5) is 0.559. The fourth-order valence-corrected chi connectivity index (χ4v) is 2.68. The lowest BCUT2D eigenvalue weighted by Gasteiger charge is -2.10. The fraction of sp³-hybridized carbons (Fsp3) is 0.571. The van der Waals surface area contributed by atoms with Gasteiger partial charge in [-0.3, -0.25) is 0 Å². The minimum atomic E-state index is 0.559. The van der Waals surface area contributed by atoms with Gasteiger partial charge in [0.15, 0.2) is 0 Å². The SMILES string of the molecule is CCCCCCC(Br)Cc1ccccc1Cl. The molecular formula is C14H20BrCl. The summed E-state index contributed by atoms with van der Waals surface area (Å²) in [7, 11) is 0. The molecule has 0 N–H and O–H groups in total. The van der Waals surface area contributed by atoms with Crippen molar-refractivity contribution < 1.29 is 0 Å². The Morgan fingerprint density at radius 1 is 1.19 bits per heavy atom. The summed E-state index contributed by atoms with van der Waals surface area (Å²) >= 11 is 9.87. The third-order valence-corrected chi connectivity index (χ3v) is 3.92. The molecular weight excluding hydrogens is 284 g/mol. The smallest absolute Gasteiger partial charge is 0.0438 e. The van der Waals surface area contributed by atoms with Crippen LogP contribution >= 0.6 is 27.5 Å². The average Bonchev–Trinajstić information content (AvgIpc) is 2.28. The second-order valence-corrected chi connectivity index (χ2v) is 5.94. The summed E-state index contributed by atoms with van der Waals surface area (Å²) in [6.45, 7) is 2.25. The van der Waals surface area contributed by atoms with Gasteiger partial charge in [-0.1, -0.05) is 78.3 Å². The van der Waals surface area contributed by atoms with Gasteiger partial charge in [0.1, 0.15) is 0 Å². The molecule has 0 aromatic heterocycles. The maximum absolute atomic E-state index is 6.13. The van der Waals surface area contributed by atoms with Crippen molar-refractivity contribution in [3.05, 3.63) is 34.9 Å². The first-order valence-corrected chi connectivity index (χ1v) is 7.41. The van der Waals surface area contributed by atoms with Crippen LogP contribution in [0.25, 0.3) is 0 Å². The molecule has 0 aliphatic carbocycles. The van der Waals surface area contributed by atoms with Crippen LogP contribution in [0.2, 0.25) is 5.02 Å². The highest BCUT2D eigenvalue weighted by molar-refractivity contribution is 9.09. The first kappa shape index (κ1) is 14.1. The molecule has 1 rings (SSSR count). The van der Waals surface area contributed by atoms with Crippen LogP contribution in [0.15, 0.2) is 24.3 Å². The zero-order chi connectivity index (χ0) is 11.8. The minimum Gasteiger partial charge on any atom is -0.0887 e. The van der Waals surface area contributed by atoms with Gasteiger partial charge in [-0.2, -0.15) is 0 Å². The van der Waals surface area contributed by atoms with Crippen LogP contribution in [-0.4, -0.2) is 4.83 Å². The van der Waals surface area contributed by atoms with Crippen LogP contribution in [0.3, 0.4) is 0 Å². The highest BCUT2D eigenvalue weighted by Gasteiger charge is 2.07. The van der Waals surface area contributed by atoms with Crippen LogP contribution in [0.5, 0.6) is 0 Å². The number of hydrogen-bond donors (Lipinski definition) is 0. The van der Waals surface area contributed by atoms with Gasteiger partial charge in [0, 0.05) is 9.85 Å². The van der Waals surface area contributed by atoms with Gasteiger partial charge in [-0.15, -0.1) is 0 Å². The lowest BCUT2D eigenvalue weighted by Crippen LogP contribution is -2.03. The van der Waals surface area contributed by atoms with E-state index in [1.165, 1.54) is 37.7 Å². The van der Waals surface area contributed by atoms with Gasteiger partial charge >= 0.3 is 0 Å². The highest BCUT2D eigenvalue weighted by atomic mass is 79.9. The number of hydrogen-bond acceptors (Lipinski definition) is 0. The molecule has 16 heavy (non-hydrogen) atoms. The minimum absolute atomic E-state index is 0.559. The Labute approximate surface area is 113 Å². The van der Waals surface area contributed by atoms with Gasteiger partial charge in [-0.25, -0.2) is 0 Å². The summed E-state index contributed by atoms with van der Waals surface area (Å²) in [6, 6.07) is 8.12. The molecule has 90 valence electrons. The standard InChI is InChI=1S/C14H20BrCl/c1-2-3-4-5-9-13(15)11-12-8-6-7-10-14(12)16/h6-8,10,13H,2-5,9,11H2,1H3. The zero-order valence-electron chi connectivity index (χ0n) is 9.89. The van der Waals surface area contributed by atoms with Gasteiger partial charge in [-0.05, 0) is 24.5 Å². The van der Waals surface area contributed by atoms with E-state index in [9.17, 15) is 0 Å². The Kier molecular flexibility index (Phi) is 7.15.